The second-order valence-electron chi connectivity index (χ2n) is 2.88. The first-order chi connectivity index (χ1) is 5.77. The minimum Gasteiger partial charge on any atom is -0.313 e. The summed E-state index contributed by atoms with van der Waals surface area (Å²) in [5.74, 6) is 0. The van der Waals surface area contributed by atoms with Gasteiger partial charge in [-0.05, 0) is 6.42 Å². The summed E-state index contributed by atoms with van der Waals surface area (Å²) in [6, 6.07) is 0. The number of hydrogen-bond acceptors (Lipinski definition) is 3. The van der Waals surface area contributed by atoms with Gasteiger partial charge in [0.25, 0.3) is 5.56 Å². The molecule has 1 aromatic rings. The molecule has 0 aromatic carbocycles. The molecule has 1 N–H and O–H groups in total. The van der Waals surface area contributed by atoms with Gasteiger partial charge in [-0.1, -0.05) is 9.39 Å². The number of nitrogens with zero attached hydrogens (tertiary/aromatic N) is 2. The van der Waals surface area contributed by atoms with Crippen molar-refractivity contribution in [3.63, 3.8) is 0 Å². The Kier molecular flexibility index (Phi) is 1.95. The van der Waals surface area contributed by atoms with Crippen molar-refractivity contribution in [2.24, 2.45) is 0 Å². The molecule has 2 rings (SSSR count). The van der Waals surface area contributed by atoms with Crippen LogP contribution in [0.1, 0.15) is 11.3 Å². The molecule has 4 nitrogen and oxygen atoms in total. The van der Waals surface area contributed by atoms with Crippen LogP contribution >= 0.6 is 9.39 Å². The van der Waals surface area contributed by atoms with Gasteiger partial charge >= 0.3 is 0 Å². The van der Waals surface area contributed by atoms with Crippen LogP contribution in [0.4, 0.5) is 0 Å². The third kappa shape index (κ3) is 1.28. The fraction of sp³-hybridized carbons (Fsp3) is 0.429. The third-order valence-electron chi connectivity index (χ3n) is 2.04. The average molecular weight is 183 g/mol. The van der Waals surface area contributed by atoms with E-state index in [9.17, 15) is 4.79 Å². The van der Waals surface area contributed by atoms with Crippen LogP contribution in [0, 0.1) is 0 Å². The molecule has 1 aromatic heterocycles. The molecule has 64 valence electrons. The first-order valence-corrected chi connectivity index (χ1v) is 4.34. The second kappa shape index (κ2) is 2.96. The van der Waals surface area contributed by atoms with Crippen LogP contribution < -0.4 is 5.56 Å². The van der Waals surface area contributed by atoms with E-state index in [4.69, 9.17) is 0 Å². The molecule has 0 fully saturated rings. The molecule has 0 saturated heterocycles. The van der Waals surface area contributed by atoms with Crippen LogP contribution in [-0.4, -0.2) is 21.2 Å². The number of aromatic nitrogens is 2. The number of hydrogen-bond donors (Lipinski definition) is 1. The van der Waals surface area contributed by atoms with Crippen LogP contribution in [0.15, 0.2) is 11.1 Å². The van der Waals surface area contributed by atoms with Crippen molar-refractivity contribution in [1.82, 2.24) is 14.6 Å². The molecular formula is C7H10N3OP. The molecule has 1 aliphatic rings. The number of rotatable bonds is 0. The molecule has 5 heteroatoms. The zero-order valence-electron chi connectivity index (χ0n) is 6.58. The Bertz CT molecular complexity index is 349. The highest BCUT2D eigenvalue weighted by molar-refractivity contribution is 7.13. The van der Waals surface area contributed by atoms with E-state index in [0.29, 0.717) is 0 Å². The Balaban J connectivity index is 2.49. The first kappa shape index (κ1) is 7.90. The molecule has 2 heterocycles. The summed E-state index contributed by atoms with van der Waals surface area (Å²) in [6.07, 6.45) is 2.26. The number of aromatic amines is 1. The predicted octanol–water partition coefficient (Wildman–Crippen LogP) is -0.0819. The minimum atomic E-state index is 0.0121. The van der Waals surface area contributed by atoms with Gasteiger partial charge in [-0.2, -0.15) is 0 Å². The van der Waals surface area contributed by atoms with Crippen molar-refractivity contribution in [1.29, 1.82) is 0 Å². The van der Waals surface area contributed by atoms with Crippen LogP contribution in [0.5, 0.6) is 0 Å². The fourth-order valence-corrected chi connectivity index (χ4v) is 1.69. The second-order valence-corrected chi connectivity index (χ2v) is 3.61. The topological polar surface area (TPSA) is 49.0 Å². The van der Waals surface area contributed by atoms with E-state index in [2.05, 4.69) is 24.0 Å². The van der Waals surface area contributed by atoms with E-state index in [0.717, 1.165) is 30.8 Å². The normalized spacial score (nSPS) is 17.4. The molecule has 0 amide bonds. The lowest BCUT2D eigenvalue weighted by atomic mass is 10.1. The van der Waals surface area contributed by atoms with E-state index in [1.807, 2.05) is 0 Å². The smallest absolute Gasteiger partial charge is 0.254 e. The monoisotopic (exact) mass is 183 g/mol. The minimum absolute atomic E-state index is 0.0121. The lowest BCUT2D eigenvalue weighted by molar-refractivity contribution is 0.431. The molecular weight excluding hydrogens is 173 g/mol. The van der Waals surface area contributed by atoms with Crippen molar-refractivity contribution < 1.29 is 0 Å². The molecule has 0 spiro atoms. The standard InChI is InChI=1S/C7H10N3OP/c11-7-5-1-2-10(12)3-6(5)8-4-9-7/h4H,1-3,12H2,(H,8,9,11). The van der Waals surface area contributed by atoms with Gasteiger partial charge in [0.1, 0.15) is 0 Å². The van der Waals surface area contributed by atoms with E-state index in [1.165, 1.54) is 6.33 Å². The van der Waals surface area contributed by atoms with Gasteiger partial charge in [0.05, 0.1) is 12.0 Å². The highest BCUT2D eigenvalue weighted by atomic mass is 31.0. The van der Waals surface area contributed by atoms with Crippen LogP contribution in [0.25, 0.3) is 0 Å². The molecule has 1 aliphatic heterocycles. The number of fused-ring (bicyclic) bond motifs is 1. The summed E-state index contributed by atoms with van der Waals surface area (Å²) in [5, 5.41) is 0. The predicted molar refractivity (Wildman–Crippen MR) is 48.7 cm³/mol. The van der Waals surface area contributed by atoms with Crippen LogP contribution in [0.3, 0.4) is 0 Å². The van der Waals surface area contributed by atoms with Gasteiger partial charge in [-0.3, -0.25) is 9.46 Å². The highest BCUT2D eigenvalue weighted by Crippen LogP contribution is 2.15. The van der Waals surface area contributed by atoms with Crippen molar-refractivity contribution in [2.75, 3.05) is 6.54 Å². The van der Waals surface area contributed by atoms with E-state index < -0.39 is 0 Å². The van der Waals surface area contributed by atoms with Crippen molar-refractivity contribution in [3.05, 3.63) is 27.9 Å². The number of H-pyrrole nitrogens is 1. The molecule has 12 heavy (non-hydrogen) atoms. The first-order valence-electron chi connectivity index (χ1n) is 3.82. The third-order valence-corrected chi connectivity index (χ3v) is 2.48. The van der Waals surface area contributed by atoms with Crippen LogP contribution in [-0.2, 0) is 13.0 Å². The quantitative estimate of drug-likeness (QED) is 0.572. The molecule has 0 bridgehead atoms. The average Bonchev–Trinajstić information content (AvgIpc) is 2.04. The summed E-state index contributed by atoms with van der Waals surface area (Å²) in [7, 11) is 2.62. The maximum atomic E-state index is 11.2. The van der Waals surface area contributed by atoms with Crippen LogP contribution in [0.2, 0.25) is 0 Å². The largest absolute Gasteiger partial charge is 0.313 e. The Morgan fingerprint density at radius 1 is 1.67 bits per heavy atom. The fourth-order valence-electron chi connectivity index (χ4n) is 1.39. The highest BCUT2D eigenvalue weighted by Gasteiger charge is 2.16. The lowest BCUT2D eigenvalue weighted by Gasteiger charge is -2.22. The Labute approximate surface area is 72.3 Å². The van der Waals surface area contributed by atoms with Gasteiger partial charge < -0.3 is 4.98 Å². The van der Waals surface area contributed by atoms with E-state index >= 15 is 0 Å². The van der Waals surface area contributed by atoms with Gasteiger partial charge in [-0.25, -0.2) is 4.98 Å². The molecule has 1 atom stereocenters. The van der Waals surface area contributed by atoms with Gasteiger partial charge in [-0.15, -0.1) is 0 Å². The Morgan fingerprint density at radius 3 is 3.33 bits per heavy atom. The Morgan fingerprint density at radius 2 is 2.50 bits per heavy atom. The molecule has 0 radical (unpaired) electrons. The Hall–Kier alpha value is -0.730. The lowest BCUT2D eigenvalue weighted by Crippen LogP contribution is -2.29. The van der Waals surface area contributed by atoms with E-state index in [-0.39, 0.29) is 5.56 Å². The molecule has 0 saturated carbocycles. The van der Waals surface area contributed by atoms with Crippen molar-refractivity contribution in [3.8, 4) is 0 Å². The molecule has 1 unspecified atom stereocenters. The van der Waals surface area contributed by atoms with E-state index in [1.54, 1.807) is 0 Å². The SMILES string of the molecule is O=c1[nH]cnc2c1CCN(P)C2. The maximum absolute atomic E-state index is 11.2. The summed E-state index contributed by atoms with van der Waals surface area (Å²) in [4.78, 5) is 18.0. The van der Waals surface area contributed by atoms with Crippen molar-refractivity contribution >= 4 is 9.39 Å². The zero-order chi connectivity index (χ0) is 8.55. The summed E-state index contributed by atoms with van der Waals surface area (Å²) >= 11 is 0. The maximum Gasteiger partial charge on any atom is 0.254 e. The zero-order valence-corrected chi connectivity index (χ0v) is 7.73. The summed E-state index contributed by atoms with van der Waals surface area (Å²) in [5.41, 5.74) is 1.76. The van der Waals surface area contributed by atoms with Gasteiger partial charge in [0, 0.05) is 18.7 Å². The summed E-state index contributed by atoms with van der Waals surface area (Å²) in [6.45, 7) is 1.66. The van der Waals surface area contributed by atoms with Crippen molar-refractivity contribution in [2.45, 2.75) is 13.0 Å². The van der Waals surface area contributed by atoms with Gasteiger partial charge in [0.2, 0.25) is 0 Å². The molecule has 0 aliphatic carbocycles. The number of nitrogens with one attached hydrogen (secondary N) is 1. The summed E-state index contributed by atoms with van der Waals surface area (Å²) < 4.78 is 2.08. The van der Waals surface area contributed by atoms with Gasteiger partial charge in [0.15, 0.2) is 0 Å².